The van der Waals surface area contributed by atoms with Crippen molar-refractivity contribution in [1.82, 2.24) is 0 Å². The van der Waals surface area contributed by atoms with Crippen LogP contribution < -0.4 is 5.23 Å². The van der Waals surface area contributed by atoms with Gasteiger partial charge in [0, 0.05) is 5.92 Å². The molecule has 1 aliphatic rings. The average molecular weight is 339 g/mol. The minimum atomic E-state index is -4.00. The van der Waals surface area contributed by atoms with Crippen molar-refractivity contribution in [3.63, 3.8) is 0 Å². The Bertz CT molecular complexity index is 370. The van der Waals surface area contributed by atoms with Crippen molar-refractivity contribution in [2.24, 2.45) is 5.92 Å². The Kier molecular flexibility index (Phi) is 7.46. The van der Waals surface area contributed by atoms with Crippen LogP contribution in [0.15, 0.2) is 0 Å². The second-order valence-corrected chi connectivity index (χ2v) is 8.78. The molecular weight excluding hydrogens is 309 g/mol. The van der Waals surface area contributed by atoms with Crippen molar-refractivity contribution in [3.8, 4) is 0 Å². The van der Waals surface area contributed by atoms with Gasteiger partial charge in [0.05, 0.1) is 12.2 Å². The van der Waals surface area contributed by atoms with Crippen LogP contribution in [-0.4, -0.2) is 34.4 Å². The third kappa shape index (κ3) is 4.99. The SMILES string of the molecule is CC(C)OP(=O)(OC(C)C)[C@](O)(C[NH+]([O-])O)C1CCCCC1. The molecule has 0 spiro atoms. The molecule has 1 saturated carbocycles. The molecule has 0 aliphatic heterocycles. The fourth-order valence-electron chi connectivity index (χ4n) is 3.01. The third-order valence-electron chi connectivity index (χ3n) is 3.84. The molecule has 0 radical (unpaired) electrons. The summed E-state index contributed by atoms with van der Waals surface area (Å²) in [6.07, 6.45) is 3.21. The summed E-state index contributed by atoms with van der Waals surface area (Å²) in [6.45, 7) is 6.14. The van der Waals surface area contributed by atoms with E-state index >= 15 is 0 Å². The highest BCUT2D eigenvalue weighted by atomic mass is 31.2. The van der Waals surface area contributed by atoms with Gasteiger partial charge in [0.25, 0.3) is 0 Å². The molecule has 0 bridgehead atoms. The Morgan fingerprint density at radius 3 is 2.00 bits per heavy atom. The molecule has 0 aromatic rings. The quantitative estimate of drug-likeness (QED) is 0.462. The summed E-state index contributed by atoms with van der Waals surface area (Å²) >= 11 is 0. The second kappa shape index (κ2) is 8.20. The Morgan fingerprint density at radius 1 is 1.18 bits per heavy atom. The summed E-state index contributed by atoms with van der Waals surface area (Å²) in [7, 11) is -4.00. The van der Waals surface area contributed by atoms with E-state index in [1.807, 2.05) is 0 Å². The summed E-state index contributed by atoms with van der Waals surface area (Å²) in [6, 6.07) is 0. The van der Waals surface area contributed by atoms with Gasteiger partial charge in [-0.2, -0.15) is 0 Å². The Balaban J connectivity index is 3.19. The van der Waals surface area contributed by atoms with Crippen LogP contribution in [0.1, 0.15) is 59.8 Å². The molecule has 132 valence electrons. The van der Waals surface area contributed by atoms with Crippen molar-refractivity contribution in [2.75, 3.05) is 6.54 Å². The number of hydrogen-bond donors (Lipinski definition) is 3. The van der Waals surface area contributed by atoms with Gasteiger partial charge in [-0.25, -0.2) is 10.4 Å². The van der Waals surface area contributed by atoms with Crippen LogP contribution in [0.2, 0.25) is 0 Å². The molecule has 1 unspecified atom stereocenters. The monoisotopic (exact) mass is 339 g/mol. The molecule has 8 heteroatoms. The van der Waals surface area contributed by atoms with Gasteiger partial charge in [0.1, 0.15) is 6.54 Å². The van der Waals surface area contributed by atoms with Gasteiger partial charge < -0.3 is 19.4 Å². The van der Waals surface area contributed by atoms with Gasteiger partial charge in [0.15, 0.2) is 0 Å². The smallest absolute Gasteiger partial charge is 0.368 e. The molecule has 1 rings (SSSR count). The van der Waals surface area contributed by atoms with Crippen molar-refractivity contribution >= 4 is 7.60 Å². The summed E-state index contributed by atoms with van der Waals surface area (Å²) in [5.74, 6) is -0.388. The molecule has 3 N–H and O–H groups in total. The maximum Gasteiger partial charge on any atom is 0.368 e. The fourth-order valence-corrected chi connectivity index (χ4v) is 5.57. The molecule has 1 fully saturated rings. The number of hydrogen-bond acceptors (Lipinski definition) is 6. The highest BCUT2D eigenvalue weighted by Gasteiger charge is 2.58. The first-order chi connectivity index (χ1) is 10.1. The largest absolute Gasteiger partial charge is 0.600 e. The van der Waals surface area contributed by atoms with E-state index in [-0.39, 0.29) is 5.92 Å². The zero-order valence-corrected chi connectivity index (χ0v) is 14.8. The highest BCUT2D eigenvalue weighted by Crippen LogP contribution is 2.64. The lowest BCUT2D eigenvalue weighted by Gasteiger charge is -2.43. The van der Waals surface area contributed by atoms with E-state index in [2.05, 4.69) is 0 Å². The predicted molar refractivity (Wildman–Crippen MR) is 82.6 cm³/mol. The van der Waals surface area contributed by atoms with Crippen LogP contribution in [0, 0.1) is 11.1 Å². The number of rotatable bonds is 8. The molecule has 0 heterocycles. The lowest BCUT2D eigenvalue weighted by molar-refractivity contribution is -1.05. The summed E-state index contributed by atoms with van der Waals surface area (Å²) < 4.78 is 24.3. The van der Waals surface area contributed by atoms with Crippen LogP contribution >= 0.6 is 7.60 Å². The van der Waals surface area contributed by atoms with Crippen molar-refractivity contribution < 1.29 is 29.2 Å². The van der Waals surface area contributed by atoms with E-state index in [0.717, 1.165) is 19.3 Å². The molecule has 0 aromatic heterocycles. The highest BCUT2D eigenvalue weighted by molar-refractivity contribution is 7.55. The van der Waals surface area contributed by atoms with Crippen molar-refractivity contribution in [2.45, 2.75) is 77.3 Å². The van der Waals surface area contributed by atoms with E-state index in [0.29, 0.717) is 12.8 Å². The standard InChI is InChI=1S/C14H30NO6P/c1-11(2)20-22(19,21-12(3)4)14(16,10-15(17)18)13-8-6-5-7-9-13/h11-13,15-17H,5-10H2,1-4H3/t14-/m1/s1. The third-order valence-corrected chi connectivity index (χ3v) is 6.71. The predicted octanol–water partition coefficient (Wildman–Crippen LogP) is 2.07. The zero-order chi connectivity index (χ0) is 17.0. The van der Waals surface area contributed by atoms with Crippen LogP contribution in [-0.2, 0) is 13.6 Å². The number of nitrogens with one attached hydrogen (secondary N) is 1. The average Bonchev–Trinajstić information content (AvgIpc) is 2.36. The first-order valence-corrected chi connectivity index (χ1v) is 9.56. The van der Waals surface area contributed by atoms with Gasteiger partial charge in [-0.1, -0.05) is 19.3 Å². The van der Waals surface area contributed by atoms with Crippen molar-refractivity contribution in [3.05, 3.63) is 5.21 Å². The molecule has 0 saturated heterocycles. The number of aliphatic hydroxyl groups is 1. The maximum atomic E-state index is 13.3. The van der Waals surface area contributed by atoms with Gasteiger partial charge in [-0.3, -0.25) is 4.57 Å². The molecule has 22 heavy (non-hydrogen) atoms. The minimum Gasteiger partial charge on any atom is -0.600 e. The van der Waals surface area contributed by atoms with E-state index in [9.17, 15) is 20.1 Å². The van der Waals surface area contributed by atoms with Gasteiger partial charge in [-0.15, -0.1) is 0 Å². The van der Waals surface area contributed by atoms with Gasteiger partial charge in [-0.05, 0) is 40.5 Å². The molecule has 1 aliphatic carbocycles. The number of quaternary nitrogens is 1. The molecule has 7 nitrogen and oxygen atoms in total. The number of hydroxylamine groups is 2. The summed E-state index contributed by atoms with van der Waals surface area (Å²) in [4.78, 5) is 0. The molecule has 0 amide bonds. The maximum absolute atomic E-state index is 13.3. The van der Waals surface area contributed by atoms with Crippen LogP contribution in [0.25, 0.3) is 0 Å². The zero-order valence-electron chi connectivity index (χ0n) is 13.9. The van der Waals surface area contributed by atoms with Crippen LogP contribution in [0.5, 0.6) is 0 Å². The van der Waals surface area contributed by atoms with Crippen LogP contribution in [0.3, 0.4) is 0 Å². The molecule has 0 aromatic carbocycles. The second-order valence-electron chi connectivity index (χ2n) is 6.59. The topological polar surface area (TPSA) is 103 Å². The Morgan fingerprint density at radius 2 is 1.64 bits per heavy atom. The Hall–Kier alpha value is -0.0100. The lowest BCUT2D eigenvalue weighted by atomic mass is 9.85. The van der Waals surface area contributed by atoms with E-state index in [4.69, 9.17) is 9.05 Å². The molecule has 2 atom stereocenters. The van der Waals surface area contributed by atoms with Gasteiger partial charge in [0.2, 0.25) is 5.34 Å². The lowest BCUT2D eigenvalue weighted by Crippen LogP contribution is -3.07. The molecular formula is C14H30NO6P. The fraction of sp³-hybridized carbons (Fsp3) is 1.00. The Labute approximate surface area is 132 Å². The first kappa shape index (κ1) is 20.0. The van der Waals surface area contributed by atoms with Crippen LogP contribution in [0.4, 0.5) is 0 Å². The minimum absolute atomic E-state index is 0.388. The summed E-state index contributed by atoms with van der Waals surface area (Å²) in [5.41, 5.74) is 0. The van der Waals surface area contributed by atoms with E-state index in [1.54, 1.807) is 27.7 Å². The normalized spacial score (nSPS) is 22.0. The van der Waals surface area contributed by atoms with Gasteiger partial charge >= 0.3 is 7.60 Å². The van der Waals surface area contributed by atoms with E-state index in [1.165, 1.54) is 0 Å². The first-order valence-electron chi connectivity index (χ1n) is 8.02. The van der Waals surface area contributed by atoms with E-state index < -0.39 is 36.9 Å². The van der Waals surface area contributed by atoms with Crippen molar-refractivity contribution in [1.29, 1.82) is 0 Å². The summed E-state index contributed by atoms with van der Waals surface area (Å²) in [5, 5.41) is 28.5.